The molecule has 0 radical (unpaired) electrons. The van der Waals surface area contributed by atoms with Crippen molar-refractivity contribution >= 4 is 27.3 Å². The Hall–Kier alpha value is -0.820. The second-order valence-electron chi connectivity index (χ2n) is 5.38. The van der Waals surface area contributed by atoms with E-state index in [9.17, 15) is 8.42 Å². The molecule has 0 amide bonds. The molecule has 1 aromatic carbocycles. The highest BCUT2D eigenvalue weighted by atomic mass is 35.5. The van der Waals surface area contributed by atoms with Gasteiger partial charge >= 0.3 is 0 Å². The fourth-order valence-electron chi connectivity index (χ4n) is 2.56. The van der Waals surface area contributed by atoms with Crippen LogP contribution in [-0.4, -0.2) is 58.4 Å². The number of halogens is 1. The van der Waals surface area contributed by atoms with Crippen LogP contribution in [0, 0.1) is 0 Å². The number of unbranched alkanes of at least 4 members (excludes halogenated alkanes) is 1. The van der Waals surface area contributed by atoms with Gasteiger partial charge in [-0.25, -0.2) is 8.42 Å². The minimum atomic E-state index is -3.15. The number of rotatable bonds is 7. The smallest absolute Gasteiger partial charge is 0.214 e. The molecule has 0 saturated carbocycles. The van der Waals surface area contributed by atoms with Gasteiger partial charge in [0, 0.05) is 50.6 Å². The zero-order valence-electron chi connectivity index (χ0n) is 12.9. The van der Waals surface area contributed by atoms with E-state index in [0.717, 1.165) is 12.1 Å². The summed E-state index contributed by atoms with van der Waals surface area (Å²) in [6.07, 6.45) is 1.42. The van der Waals surface area contributed by atoms with Crippen LogP contribution in [0.25, 0.3) is 0 Å². The van der Waals surface area contributed by atoms with Gasteiger partial charge < -0.3 is 9.64 Å². The van der Waals surface area contributed by atoms with Crippen LogP contribution in [0.4, 0.5) is 5.69 Å². The Labute approximate surface area is 137 Å². The summed E-state index contributed by atoms with van der Waals surface area (Å²) in [6.45, 7) is 3.05. The minimum Gasteiger partial charge on any atom is -0.385 e. The second-order valence-corrected chi connectivity index (χ2v) is 7.91. The highest BCUT2D eigenvalue weighted by Crippen LogP contribution is 2.21. The molecule has 0 unspecified atom stereocenters. The van der Waals surface area contributed by atoms with Gasteiger partial charge in [-0.2, -0.15) is 4.31 Å². The highest BCUT2D eigenvalue weighted by Gasteiger charge is 2.26. The molecule has 0 spiro atoms. The van der Waals surface area contributed by atoms with E-state index >= 15 is 0 Å². The molecule has 2 rings (SSSR count). The van der Waals surface area contributed by atoms with Crippen molar-refractivity contribution in [3.8, 4) is 0 Å². The van der Waals surface area contributed by atoms with Crippen molar-refractivity contribution in [2.75, 3.05) is 50.5 Å². The van der Waals surface area contributed by atoms with Gasteiger partial charge in [-0.15, -0.1) is 0 Å². The third-order valence-corrected chi connectivity index (χ3v) is 6.00. The topological polar surface area (TPSA) is 49.9 Å². The van der Waals surface area contributed by atoms with E-state index in [1.54, 1.807) is 11.4 Å². The molecular weight excluding hydrogens is 324 g/mol. The van der Waals surface area contributed by atoms with Crippen LogP contribution in [0.2, 0.25) is 5.02 Å². The molecule has 7 heteroatoms. The van der Waals surface area contributed by atoms with Crippen LogP contribution < -0.4 is 4.90 Å². The zero-order valence-corrected chi connectivity index (χ0v) is 14.4. The first-order chi connectivity index (χ1) is 10.5. The Morgan fingerprint density at radius 3 is 2.55 bits per heavy atom. The number of nitrogens with zero attached hydrogens (tertiary/aromatic N) is 2. The summed E-state index contributed by atoms with van der Waals surface area (Å²) in [7, 11) is -1.52. The number of methoxy groups -OCH3 is 1. The van der Waals surface area contributed by atoms with Crippen molar-refractivity contribution in [1.29, 1.82) is 0 Å². The lowest BCUT2D eigenvalue weighted by Gasteiger charge is -2.35. The number of benzene rings is 1. The minimum absolute atomic E-state index is 0.202. The van der Waals surface area contributed by atoms with Crippen molar-refractivity contribution < 1.29 is 13.2 Å². The third kappa shape index (κ3) is 4.84. The van der Waals surface area contributed by atoms with Crippen LogP contribution in [0.15, 0.2) is 24.3 Å². The number of hydrogen-bond donors (Lipinski definition) is 0. The van der Waals surface area contributed by atoms with E-state index in [0.29, 0.717) is 44.2 Å². The zero-order chi connectivity index (χ0) is 16.0. The summed E-state index contributed by atoms with van der Waals surface area (Å²) in [4.78, 5) is 2.17. The fourth-order valence-corrected chi connectivity index (χ4v) is 4.29. The standard InChI is InChI=1S/C15H23ClN2O3S/c1-21-11-2-3-12-22(19,20)18-9-7-17(8-10-18)15-6-4-5-14(16)13-15/h4-6,13H,2-3,7-12H2,1H3. The molecule has 1 aliphatic heterocycles. The number of ether oxygens (including phenoxy) is 1. The number of piperazine rings is 1. The Bertz CT molecular complexity index is 572. The van der Waals surface area contributed by atoms with Gasteiger partial charge in [0.2, 0.25) is 10.0 Å². The van der Waals surface area contributed by atoms with Gasteiger partial charge in [-0.05, 0) is 31.0 Å². The third-order valence-electron chi connectivity index (χ3n) is 3.81. The maximum Gasteiger partial charge on any atom is 0.214 e. The van der Waals surface area contributed by atoms with Crippen LogP contribution in [-0.2, 0) is 14.8 Å². The predicted octanol–water partition coefficient (Wildman–Crippen LogP) is 2.22. The highest BCUT2D eigenvalue weighted by molar-refractivity contribution is 7.89. The Morgan fingerprint density at radius 1 is 1.18 bits per heavy atom. The lowest BCUT2D eigenvalue weighted by atomic mass is 10.2. The molecule has 1 fully saturated rings. The SMILES string of the molecule is COCCCCS(=O)(=O)N1CCN(c2cccc(Cl)c2)CC1. The lowest BCUT2D eigenvalue weighted by Crippen LogP contribution is -2.49. The normalized spacial score (nSPS) is 16.9. The van der Waals surface area contributed by atoms with E-state index in [1.165, 1.54) is 0 Å². The van der Waals surface area contributed by atoms with Crippen LogP contribution in [0.3, 0.4) is 0 Å². The van der Waals surface area contributed by atoms with Crippen LogP contribution in [0.1, 0.15) is 12.8 Å². The first kappa shape index (κ1) is 17.5. The molecule has 1 aromatic rings. The molecule has 0 N–H and O–H groups in total. The summed E-state index contributed by atoms with van der Waals surface area (Å²) in [5.41, 5.74) is 1.05. The van der Waals surface area contributed by atoms with Crippen molar-refractivity contribution in [3.63, 3.8) is 0 Å². The maximum absolute atomic E-state index is 12.3. The first-order valence-corrected chi connectivity index (χ1v) is 9.49. The summed E-state index contributed by atoms with van der Waals surface area (Å²) in [6, 6.07) is 7.67. The van der Waals surface area contributed by atoms with E-state index in [1.807, 2.05) is 24.3 Å². The quantitative estimate of drug-likeness (QED) is 0.710. The van der Waals surface area contributed by atoms with Crippen molar-refractivity contribution in [3.05, 3.63) is 29.3 Å². The largest absolute Gasteiger partial charge is 0.385 e. The first-order valence-electron chi connectivity index (χ1n) is 7.50. The molecule has 0 bridgehead atoms. The van der Waals surface area contributed by atoms with Gasteiger partial charge in [0.15, 0.2) is 0 Å². The number of sulfonamides is 1. The second kappa shape index (κ2) is 8.15. The van der Waals surface area contributed by atoms with E-state index in [4.69, 9.17) is 16.3 Å². The Morgan fingerprint density at radius 2 is 1.91 bits per heavy atom. The molecule has 1 heterocycles. The summed E-state index contributed by atoms with van der Waals surface area (Å²) < 4.78 is 31.1. The number of anilines is 1. The summed E-state index contributed by atoms with van der Waals surface area (Å²) in [5.74, 6) is 0.202. The molecule has 22 heavy (non-hydrogen) atoms. The van der Waals surface area contributed by atoms with Crippen LogP contribution >= 0.6 is 11.6 Å². The van der Waals surface area contributed by atoms with Crippen molar-refractivity contribution in [1.82, 2.24) is 4.31 Å². The molecule has 0 aromatic heterocycles. The molecule has 5 nitrogen and oxygen atoms in total. The van der Waals surface area contributed by atoms with Gasteiger partial charge in [-0.1, -0.05) is 17.7 Å². The summed E-state index contributed by atoms with van der Waals surface area (Å²) >= 11 is 6.01. The van der Waals surface area contributed by atoms with E-state index in [2.05, 4.69) is 4.90 Å². The molecule has 0 atom stereocenters. The van der Waals surface area contributed by atoms with E-state index in [-0.39, 0.29) is 5.75 Å². The average Bonchev–Trinajstić information content (AvgIpc) is 2.52. The van der Waals surface area contributed by atoms with E-state index < -0.39 is 10.0 Å². The van der Waals surface area contributed by atoms with Gasteiger partial charge in [-0.3, -0.25) is 0 Å². The molecule has 0 aliphatic carbocycles. The van der Waals surface area contributed by atoms with Crippen molar-refractivity contribution in [2.45, 2.75) is 12.8 Å². The Balaban J connectivity index is 1.86. The molecular formula is C15H23ClN2O3S. The maximum atomic E-state index is 12.3. The molecule has 1 aliphatic rings. The lowest BCUT2D eigenvalue weighted by molar-refractivity contribution is 0.194. The molecule has 124 valence electrons. The van der Waals surface area contributed by atoms with Gasteiger partial charge in [0.1, 0.15) is 0 Å². The van der Waals surface area contributed by atoms with Crippen LogP contribution in [0.5, 0.6) is 0 Å². The Kier molecular flexibility index (Phi) is 6.50. The molecule has 1 saturated heterocycles. The monoisotopic (exact) mass is 346 g/mol. The fraction of sp³-hybridized carbons (Fsp3) is 0.600. The van der Waals surface area contributed by atoms with Gasteiger partial charge in [0.05, 0.1) is 5.75 Å². The predicted molar refractivity (Wildman–Crippen MR) is 90.1 cm³/mol. The van der Waals surface area contributed by atoms with Crippen molar-refractivity contribution in [2.24, 2.45) is 0 Å². The summed E-state index contributed by atoms with van der Waals surface area (Å²) in [5, 5.41) is 0.700. The number of hydrogen-bond acceptors (Lipinski definition) is 4. The van der Waals surface area contributed by atoms with Gasteiger partial charge in [0.25, 0.3) is 0 Å². The average molecular weight is 347 g/mol.